The monoisotopic (exact) mass is 459 g/mol. The van der Waals surface area contributed by atoms with Crippen molar-refractivity contribution in [3.05, 3.63) is 60.1 Å². The van der Waals surface area contributed by atoms with Gasteiger partial charge in [-0.1, -0.05) is 0 Å². The maximum atomic E-state index is 14.5. The molecule has 0 bridgehead atoms. The topological polar surface area (TPSA) is 99.1 Å². The molecule has 1 atom stereocenters. The van der Waals surface area contributed by atoms with Gasteiger partial charge in [0.05, 0.1) is 23.6 Å². The van der Waals surface area contributed by atoms with Crippen LogP contribution >= 0.6 is 0 Å². The Labute approximate surface area is 187 Å². The largest absolute Gasteiger partial charge is 0.464 e. The van der Waals surface area contributed by atoms with E-state index in [1.807, 2.05) is 0 Å². The Morgan fingerprint density at radius 3 is 2.67 bits per heavy atom. The highest BCUT2D eigenvalue weighted by Crippen LogP contribution is 2.40. The van der Waals surface area contributed by atoms with Gasteiger partial charge in [0.2, 0.25) is 0 Å². The van der Waals surface area contributed by atoms with Crippen molar-refractivity contribution in [1.82, 2.24) is 19.9 Å². The summed E-state index contributed by atoms with van der Waals surface area (Å²) in [6.07, 6.45) is 4.12. The zero-order valence-electron chi connectivity index (χ0n) is 17.6. The van der Waals surface area contributed by atoms with E-state index in [2.05, 4.69) is 25.3 Å². The summed E-state index contributed by atoms with van der Waals surface area (Å²) >= 11 is 0. The highest BCUT2D eigenvalue weighted by molar-refractivity contribution is 6.06. The lowest BCUT2D eigenvalue weighted by Gasteiger charge is -2.30. The van der Waals surface area contributed by atoms with Gasteiger partial charge in [-0.3, -0.25) is 14.8 Å². The second-order valence-corrected chi connectivity index (χ2v) is 7.29. The second-order valence-electron chi connectivity index (χ2n) is 7.29. The van der Waals surface area contributed by atoms with Crippen LogP contribution in [0.2, 0.25) is 0 Å². The molecule has 0 saturated carbocycles. The van der Waals surface area contributed by atoms with E-state index in [9.17, 15) is 18.0 Å². The molecule has 0 aliphatic carbocycles. The van der Waals surface area contributed by atoms with Crippen molar-refractivity contribution in [1.29, 1.82) is 0 Å². The number of nitrogens with one attached hydrogen (secondary N) is 1. The minimum atomic E-state index is -2.94. The molecule has 172 valence electrons. The van der Waals surface area contributed by atoms with Crippen LogP contribution in [0.3, 0.4) is 0 Å². The number of pyridine rings is 2. The maximum Gasteiger partial charge on any atom is 0.316 e. The number of amides is 1. The fourth-order valence-corrected chi connectivity index (χ4v) is 3.39. The average molecular weight is 459 g/mol. The van der Waals surface area contributed by atoms with E-state index in [0.29, 0.717) is 6.61 Å². The molecular weight excluding hydrogens is 439 g/mol. The van der Waals surface area contributed by atoms with Crippen LogP contribution in [0.15, 0.2) is 43.0 Å². The number of halogens is 3. The molecule has 1 N–H and O–H groups in total. The number of hydrogen-bond donors (Lipinski definition) is 1. The third-order valence-corrected chi connectivity index (χ3v) is 4.97. The molecule has 4 heterocycles. The van der Waals surface area contributed by atoms with Crippen LogP contribution in [0.5, 0.6) is 6.01 Å². The molecule has 8 nitrogen and oxygen atoms in total. The fourth-order valence-electron chi connectivity index (χ4n) is 3.39. The van der Waals surface area contributed by atoms with Crippen molar-refractivity contribution in [3.63, 3.8) is 0 Å². The summed E-state index contributed by atoms with van der Waals surface area (Å²) in [5.74, 6) is -4.17. The zero-order chi connectivity index (χ0) is 23.4. The summed E-state index contributed by atoms with van der Waals surface area (Å²) in [7, 11) is 0. The Morgan fingerprint density at radius 1 is 1.21 bits per heavy atom. The predicted molar refractivity (Wildman–Crippen MR) is 111 cm³/mol. The molecule has 1 aliphatic rings. The third-order valence-electron chi connectivity index (χ3n) is 4.97. The summed E-state index contributed by atoms with van der Waals surface area (Å²) in [5.41, 5.74) is 0.633. The number of hydrogen-bond acceptors (Lipinski definition) is 7. The molecule has 11 heteroatoms. The first kappa shape index (κ1) is 22.6. The molecule has 0 radical (unpaired) electrons. The van der Waals surface area contributed by atoms with Gasteiger partial charge >= 0.3 is 6.01 Å². The number of rotatable bonds is 6. The molecular formula is C22H20F3N5O3. The molecule has 33 heavy (non-hydrogen) atoms. The van der Waals surface area contributed by atoms with Crippen LogP contribution in [-0.2, 0) is 4.74 Å². The summed E-state index contributed by atoms with van der Waals surface area (Å²) in [4.78, 5) is 29.2. The molecule has 0 aromatic carbocycles. The van der Waals surface area contributed by atoms with Gasteiger partial charge in [0.15, 0.2) is 0 Å². The Morgan fingerprint density at radius 2 is 2.00 bits per heavy atom. The summed E-state index contributed by atoms with van der Waals surface area (Å²) in [6.45, 7) is 1.36. The third kappa shape index (κ3) is 5.08. The maximum absolute atomic E-state index is 14.5. The molecule has 1 saturated heterocycles. The van der Waals surface area contributed by atoms with Gasteiger partial charge in [0, 0.05) is 36.8 Å². The number of anilines is 1. The summed E-state index contributed by atoms with van der Waals surface area (Å²) in [5, 5.41) is 2.69. The van der Waals surface area contributed by atoms with E-state index in [1.54, 1.807) is 6.92 Å². The van der Waals surface area contributed by atoms with Gasteiger partial charge in [-0.25, -0.2) is 23.1 Å². The summed E-state index contributed by atoms with van der Waals surface area (Å²) < 4.78 is 52.3. The number of alkyl halides is 2. The molecule has 1 fully saturated rings. The number of ether oxygens (including phenoxy) is 2. The van der Waals surface area contributed by atoms with Gasteiger partial charge in [-0.2, -0.15) is 0 Å². The SMILES string of the molecule is CCOc1ncc(C(=O)Nc2c(-c3ncccc3F)ccnc2C2CCC(F)(F)CO2)cn1. The molecule has 3 aromatic rings. The first-order valence-corrected chi connectivity index (χ1v) is 10.2. The van der Waals surface area contributed by atoms with E-state index < -0.39 is 36.8 Å². The van der Waals surface area contributed by atoms with Crippen LogP contribution in [0, 0.1) is 5.82 Å². The van der Waals surface area contributed by atoms with Crippen LogP contribution in [0.4, 0.5) is 18.9 Å². The van der Waals surface area contributed by atoms with Gasteiger partial charge < -0.3 is 14.8 Å². The van der Waals surface area contributed by atoms with Crippen molar-refractivity contribution in [2.45, 2.75) is 31.8 Å². The van der Waals surface area contributed by atoms with Crippen molar-refractivity contribution >= 4 is 11.6 Å². The Kier molecular flexibility index (Phi) is 6.50. The minimum Gasteiger partial charge on any atom is -0.464 e. The van der Waals surface area contributed by atoms with Crippen molar-refractivity contribution in [3.8, 4) is 17.3 Å². The average Bonchev–Trinajstić information content (AvgIpc) is 2.80. The summed E-state index contributed by atoms with van der Waals surface area (Å²) in [6, 6.07) is 4.26. The Hall–Kier alpha value is -3.60. The molecule has 1 unspecified atom stereocenters. The fraction of sp³-hybridized carbons (Fsp3) is 0.318. The van der Waals surface area contributed by atoms with E-state index in [1.165, 1.54) is 43.0 Å². The lowest BCUT2D eigenvalue weighted by atomic mass is 9.99. The normalized spacial score (nSPS) is 17.4. The first-order valence-electron chi connectivity index (χ1n) is 10.2. The van der Waals surface area contributed by atoms with Crippen molar-refractivity contribution in [2.75, 3.05) is 18.5 Å². The van der Waals surface area contributed by atoms with Gasteiger partial charge in [0.1, 0.15) is 24.2 Å². The Bertz CT molecular complexity index is 1130. The number of nitrogens with zero attached hydrogens (tertiary/aromatic N) is 4. The quantitative estimate of drug-likeness (QED) is 0.590. The molecule has 4 rings (SSSR count). The predicted octanol–water partition coefficient (Wildman–Crippen LogP) is 4.21. The second kappa shape index (κ2) is 9.49. The highest BCUT2D eigenvalue weighted by atomic mass is 19.3. The van der Waals surface area contributed by atoms with Crippen LogP contribution in [0.25, 0.3) is 11.3 Å². The van der Waals surface area contributed by atoms with E-state index >= 15 is 0 Å². The molecule has 1 aliphatic heterocycles. The molecule has 3 aromatic heterocycles. The lowest BCUT2D eigenvalue weighted by molar-refractivity contribution is -0.146. The number of carbonyl (C=O) groups excluding carboxylic acids is 1. The number of carbonyl (C=O) groups is 1. The van der Waals surface area contributed by atoms with Crippen molar-refractivity contribution in [2.24, 2.45) is 0 Å². The lowest BCUT2D eigenvalue weighted by Crippen LogP contribution is -2.31. The molecule has 0 spiro atoms. The van der Waals surface area contributed by atoms with Gasteiger partial charge in [0.25, 0.3) is 11.8 Å². The number of aromatic nitrogens is 4. The van der Waals surface area contributed by atoms with Gasteiger partial charge in [-0.15, -0.1) is 0 Å². The molecule has 1 amide bonds. The van der Waals surface area contributed by atoms with Crippen LogP contribution in [0.1, 0.15) is 41.9 Å². The first-order chi connectivity index (χ1) is 15.9. The smallest absolute Gasteiger partial charge is 0.316 e. The minimum absolute atomic E-state index is 0.0246. The van der Waals surface area contributed by atoms with Crippen molar-refractivity contribution < 1.29 is 27.4 Å². The van der Waals surface area contributed by atoms with E-state index in [-0.39, 0.29) is 40.6 Å². The highest BCUT2D eigenvalue weighted by Gasteiger charge is 2.38. The van der Waals surface area contributed by atoms with E-state index in [0.717, 1.165) is 0 Å². The standard InChI is InChI=1S/C22H20F3N5O3/c1-2-32-21-28-10-13(11-29-21)20(31)30-18-14(17-15(23)4-3-8-26-17)6-9-27-19(18)16-5-7-22(24,25)12-33-16/h3-4,6,8-11,16H,2,5,7,12H2,1H3,(H,30,31). The van der Waals surface area contributed by atoms with Crippen LogP contribution < -0.4 is 10.1 Å². The zero-order valence-corrected chi connectivity index (χ0v) is 17.6. The van der Waals surface area contributed by atoms with E-state index in [4.69, 9.17) is 9.47 Å². The Balaban J connectivity index is 1.72. The van der Waals surface area contributed by atoms with Crippen LogP contribution in [-0.4, -0.2) is 45.0 Å². The van der Waals surface area contributed by atoms with Gasteiger partial charge in [-0.05, 0) is 31.5 Å².